The second kappa shape index (κ2) is 9.85. The van der Waals surface area contributed by atoms with Gasteiger partial charge in [0.05, 0.1) is 0 Å². The number of amidine groups is 1. The smallest absolute Gasteiger partial charge is 0.325 e. The number of urea groups is 1. The van der Waals surface area contributed by atoms with Crippen molar-refractivity contribution in [2.45, 2.75) is 64.6 Å². The SMILES string of the molecule is C/C=C/CN1C(SCCCCCCCC)=NC2C1C(=O)NC(=O)N2C. The zero-order chi connectivity index (χ0) is 18.2. The summed E-state index contributed by atoms with van der Waals surface area (Å²) in [5, 5.41) is 3.30. The lowest BCUT2D eigenvalue weighted by atomic mass is 10.1. The Bertz CT molecular complexity index is 535. The van der Waals surface area contributed by atoms with Crippen LogP contribution in [0.3, 0.4) is 0 Å². The third-order valence-electron chi connectivity index (χ3n) is 4.59. The number of unbranched alkanes of at least 4 members (excludes halogenated alkanes) is 5. The molecule has 2 unspecified atom stereocenters. The number of aliphatic imine (C=N–C) groups is 1. The van der Waals surface area contributed by atoms with E-state index in [0.717, 1.165) is 17.3 Å². The minimum atomic E-state index is -0.425. The fourth-order valence-electron chi connectivity index (χ4n) is 3.08. The summed E-state index contributed by atoms with van der Waals surface area (Å²) in [6.45, 7) is 4.82. The largest absolute Gasteiger partial charge is 0.332 e. The lowest BCUT2D eigenvalue weighted by molar-refractivity contribution is -0.126. The molecule has 2 rings (SSSR count). The van der Waals surface area contributed by atoms with Gasteiger partial charge in [0.1, 0.15) is 0 Å². The van der Waals surface area contributed by atoms with Crippen LogP contribution in [0.1, 0.15) is 52.4 Å². The molecular weight excluding hydrogens is 336 g/mol. The van der Waals surface area contributed by atoms with Crippen LogP contribution < -0.4 is 5.32 Å². The molecule has 25 heavy (non-hydrogen) atoms. The molecule has 0 aromatic carbocycles. The Morgan fingerprint density at radius 1 is 1.20 bits per heavy atom. The first kappa shape index (κ1) is 19.8. The predicted molar refractivity (Wildman–Crippen MR) is 104 cm³/mol. The summed E-state index contributed by atoms with van der Waals surface area (Å²) in [7, 11) is 1.69. The summed E-state index contributed by atoms with van der Waals surface area (Å²) >= 11 is 1.70. The number of allylic oxidation sites excluding steroid dienone is 1. The van der Waals surface area contributed by atoms with E-state index in [1.807, 2.05) is 24.0 Å². The average Bonchev–Trinajstić information content (AvgIpc) is 2.96. The molecule has 0 aromatic heterocycles. The van der Waals surface area contributed by atoms with Gasteiger partial charge in [-0.1, -0.05) is 62.9 Å². The molecule has 2 aliphatic heterocycles. The van der Waals surface area contributed by atoms with E-state index in [1.54, 1.807) is 18.8 Å². The highest BCUT2D eigenvalue weighted by Crippen LogP contribution is 2.28. The van der Waals surface area contributed by atoms with Crippen molar-refractivity contribution in [2.75, 3.05) is 19.3 Å². The van der Waals surface area contributed by atoms with Crippen molar-refractivity contribution in [3.63, 3.8) is 0 Å². The molecular formula is C18H30N4O2S. The van der Waals surface area contributed by atoms with E-state index in [1.165, 1.54) is 37.0 Å². The molecule has 1 saturated heterocycles. The summed E-state index contributed by atoms with van der Waals surface area (Å²) in [6, 6.07) is -0.797. The molecule has 3 amide bonds. The topological polar surface area (TPSA) is 65.0 Å². The van der Waals surface area contributed by atoms with E-state index in [0.29, 0.717) is 6.54 Å². The third-order valence-corrected chi connectivity index (χ3v) is 5.68. The lowest BCUT2D eigenvalue weighted by Crippen LogP contribution is -2.63. The quantitative estimate of drug-likeness (QED) is 0.503. The maximum absolute atomic E-state index is 12.3. The first-order chi connectivity index (χ1) is 12.1. The fraction of sp³-hybridized carbons (Fsp3) is 0.722. The standard InChI is InChI=1S/C18H30N4O2S/c1-4-6-8-9-10-11-13-25-18-19-15-14(22(18)12-7-5-2)16(23)20-17(24)21(15)3/h5,7,14-15H,4,6,8-13H2,1-3H3,(H,20,23,24)/b7-5+. The summed E-state index contributed by atoms with van der Waals surface area (Å²) in [5.74, 6) is 0.743. The predicted octanol–water partition coefficient (Wildman–Crippen LogP) is 3.20. The minimum Gasteiger partial charge on any atom is -0.332 e. The van der Waals surface area contributed by atoms with Gasteiger partial charge in [0, 0.05) is 19.3 Å². The van der Waals surface area contributed by atoms with Crippen LogP contribution in [-0.4, -0.2) is 58.5 Å². The van der Waals surface area contributed by atoms with Gasteiger partial charge in [0.15, 0.2) is 17.4 Å². The van der Waals surface area contributed by atoms with E-state index in [9.17, 15) is 9.59 Å². The Morgan fingerprint density at radius 3 is 2.64 bits per heavy atom. The fourth-order valence-corrected chi connectivity index (χ4v) is 4.14. The lowest BCUT2D eigenvalue weighted by Gasteiger charge is -2.35. The van der Waals surface area contributed by atoms with Crippen LogP contribution in [-0.2, 0) is 4.79 Å². The van der Waals surface area contributed by atoms with Gasteiger partial charge < -0.3 is 9.80 Å². The van der Waals surface area contributed by atoms with E-state index in [-0.39, 0.29) is 11.9 Å². The molecule has 1 fully saturated rings. The number of thioether (sulfide) groups is 1. The maximum atomic E-state index is 12.3. The van der Waals surface area contributed by atoms with Crippen molar-refractivity contribution in [3.8, 4) is 0 Å². The van der Waals surface area contributed by atoms with Crippen molar-refractivity contribution in [2.24, 2.45) is 4.99 Å². The molecule has 0 saturated carbocycles. The number of carbonyl (C=O) groups is 2. The number of hydrogen-bond donors (Lipinski definition) is 1. The van der Waals surface area contributed by atoms with Crippen molar-refractivity contribution < 1.29 is 9.59 Å². The van der Waals surface area contributed by atoms with Gasteiger partial charge in [-0.05, 0) is 13.3 Å². The highest BCUT2D eigenvalue weighted by atomic mass is 32.2. The van der Waals surface area contributed by atoms with Crippen LogP contribution in [0, 0.1) is 0 Å². The van der Waals surface area contributed by atoms with E-state index in [2.05, 4.69) is 17.2 Å². The second-order valence-corrected chi connectivity index (χ2v) is 7.58. The molecule has 2 heterocycles. The number of amides is 3. The summed E-state index contributed by atoms with van der Waals surface area (Å²) < 4.78 is 0. The molecule has 1 N–H and O–H groups in total. The van der Waals surface area contributed by atoms with Crippen LogP contribution >= 0.6 is 11.8 Å². The molecule has 140 valence electrons. The number of likely N-dealkylation sites (N-methyl/N-ethyl adjacent to an activating group) is 1. The van der Waals surface area contributed by atoms with Crippen molar-refractivity contribution in [1.29, 1.82) is 0 Å². The molecule has 2 aliphatic rings. The van der Waals surface area contributed by atoms with Crippen LogP contribution in [0.15, 0.2) is 17.1 Å². The van der Waals surface area contributed by atoms with E-state index >= 15 is 0 Å². The van der Waals surface area contributed by atoms with Gasteiger partial charge in [-0.25, -0.2) is 9.79 Å². The molecule has 0 spiro atoms. The van der Waals surface area contributed by atoms with Gasteiger partial charge in [0.25, 0.3) is 5.91 Å². The molecule has 0 aliphatic carbocycles. The average molecular weight is 367 g/mol. The van der Waals surface area contributed by atoms with Gasteiger partial charge in [-0.2, -0.15) is 0 Å². The summed E-state index contributed by atoms with van der Waals surface area (Å²) in [4.78, 5) is 32.4. The van der Waals surface area contributed by atoms with Crippen LogP contribution in [0.4, 0.5) is 4.79 Å². The minimum absolute atomic E-state index is 0.253. The molecule has 0 aromatic rings. The molecule has 0 radical (unpaired) electrons. The number of carbonyl (C=O) groups excluding carboxylic acids is 2. The Hall–Kier alpha value is -1.50. The highest BCUT2D eigenvalue weighted by Gasteiger charge is 2.48. The highest BCUT2D eigenvalue weighted by molar-refractivity contribution is 8.13. The summed E-state index contributed by atoms with van der Waals surface area (Å²) in [5.41, 5.74) is 0. The molecule has 0 bridgehead atoms. The van der Waals surface area contributed by atoms with Gasteiger partial charge in [-0.3, -0.25) is 10.1 Å². The Kier molecular flexibility index (Phi) is 7.81. The zero-order valence-corrected chi connectivity index (χ0v) is 16.3. The first-order valence-corrected chi connectivity index (χ1v) is 10.2. The molecule has 6 nitrogen and oxygen atoms in total. The van der Waals surface area contributed by atoms with Crippen LogP contribution in [0.25, 0.3) is 0 Å². The number of hydrogen-bond acceptors (Lipinski definition) is 5. The first-order valence-electron chi connectivity index (χ1n) is 9.26. The Balaban J connectivity index is 1.94. The molecule has 7 heteroatoms. The van der Waals surface area contributed by atoms with Crippen LogP contribution in [0.5, 0.6) is 0 Å². The Labute approximate surface area is 155 Å². The van der Waals surface area contributed by atoms with Crippen molar-refractivity contribution in [1.82, 2.24) is 15.1 Å². The number of imide groups is 1. The van der Waals surface area contributed by atoms with E-state index < -0.39 is 12.2 Å². The number of rotatable bonds is 9. The second-order valence-electron chi connectivity index (χ2n) is 6.51. The van der Waals surface area contributed by atoms with E-state index in [4.69, 9.17) is 0 Å². The van der Waals surface area contributed by atoms with Gasteiger partial charge in [0.2, 0.25) is 0 Å². The molecule has 2 atom stereocenters. The number of fused-ring (bicyclic) bond motifs is 1. The van der Waals surface area contributed by atoms with Gasteiger partial charge in [-0.15, -0.1) is 0 Å². The number of nitrogens with zero attached hydrogens (tertiary/aromatic N) is 3. The van der Waals surface area contributed by atoms with Crippen molar-refractivity contribution >= 4 is 28.9 Å². The third kappa shape index (κ3) is 5.00. The zero-order valence-electron chi connectivity index (χ0n) is 15.5. The summed E-state index contributed by atoms with van der Waals surface area (Å²) in [6.07, 6.45) is 11.1. The number of nitrogens with one attached hydrogen (secondary N) is 1. The van der Waals surface area contributed by atoms with Gasteiger partial charge >= 0.3 is 6.03 Å². The normalized spacial score (nSPS) is 23.2. The van der Waals surface area contributed by atoms with Crippen molar-refractivity contribution in [3.05, 3.63) is 12.2 Å². The van der Waals surface area contributed by atoms with Crippen LogP contribution in [0.2, 0.25) is 0 Å². The maximum Gasteiger partial charge on any atom is 0.325 e. The Morgan fingerprint density at radius 2 is 1.92 bits per heavy atom. The monoisotopic (exact) mass is 366 g/mol.